The van der Waals surface area contributed by atoms with Gasteiger partial charge in [-0.1, -0.05) is 18.2 Å². The van der Waals surface area contributed by atoms with E-state index >= 15 is 0 Å². The van der Waals surface area contributed by atoms with Gasteiger partial charge in [0.05, 0.1) is 11.0 Å². The summed E-state index contributed by atoms with van der Waals surface area (Å²) in [6.45, 7) is -0.435. The monoisotopic (exact) mass is 373 g/mol. The SMILES string of the molecule is O=C(CN1C(=O)S/C(=C\c2ccc([N+](=O)[O-])o2)C1=O)Nc1ccccc1. The summed E-state index contributed by atoms with van der Waals surface area (Å²) in [6.07, 6.45) is 1.23. The number of para-hydroxylation sites is 1. The van der Waals surface area contributed by atoms with Crippen LogP contribution in [-0.2, 0) is 9.59 Å². The molecule has 0 aliphatic carbocycles. The second kappa shape index (κ2) is 7.23. The summed E-state index contributed by atoms with van der Waals surface area (Å²) >= 11 is 0.631. The molecule has 0 bridgehead atoms. The molecule has 1 aliphatic rings. The molecule has 1 aromatic heterocycles. The third kappa shape index (κ3) is 3.81. The van der Waals surface area contributed by atoms with Crippen LogP contribution in [0.1, 0.15) is 5.76 Å². The van der Waals surface area contributed by atoms with Gasteiger partial charge in [0.15, 0.2) is 0 Å². The molecule has 0 atom stereocenters. The van der Waals surface area contributed by atoms with Crippen LogP contribution in [0.25, 0.3) is 6.08 Å². The number of thioether (sulfide) groups is 1. The number of amides is 3. The highest BCUT2D eigenvalue weighted by molar-refractivity contribution is 8.18. The first-order valence-electron chi connectivity index (χ1n) is 7.28. The Bertz CT molecular complexity index is 921. The summed E-state index contributed by atoms with van der Waals surface area (Å²) in [5, 5.41) is 12.6. The molecule has 1 fully saturated rings. The van der Waals surface area contributed by atoms with Gasteiger partial charge >= 0.3 is 5.88 Å². The topological polar surface area (TPSA) is 123 Å². The largest absolute Gasteiger partial charge is 0.433 e. The Morgan fingerprint density at radius 1 is 1.23 bits per heavy atom. The first-order chi connectivity index (χ1) is 12.4. The van der Waals surface area contributed by atoms with Crippen molar-refractivity contribution >= 4 is 46.5 Å². The molecule has 2 heterocycles. The lowest BCUT2D eigenvalue weighted by Gasteiger charge is -2.12. The van der Waals surface area contributed by atoms with E-state index in [1.165, 1.54) is 12.1 Å². The minimum atomic E-state index is -0.711. The van der Waals surface area contributed by atoms with Crippen molar-refractivity contribution in [2.24, 2.45) is 0 Å². The van der Waals surface area contributed by atoms with Crippen LogP contribution in [0.4, 0.5) is 16.4 Å². The number of nitrogens with zero attached hydrogens (tertiary/aromatic N) is 2. The molecule has 1 aromatic carbocycles. The molecule has 26 heavy (non-hydrogen) atoms. The van der Waals surface area contributed by atoms with Crippen LogP contribution in [0, 0.1) is 10.1 Å². The van der Waals surface area contributed by atoms with E-state index in [-0.39, 0.29) is 10.7 Å². The van der Waals surface area contributed by atoms with E-state index in [9.17, 15) is 24.5 Å². The molecule has 9 nitrogen and oxygen atoms in total. The number of rotatable bonds is 5. The van der Waals surface area contributed by atoms with Crippen LogP contribution in [-0.4, -0.2) is 33.4 Å². The van der Waals surface area contributed by atoms with Crippen molar-refractivity contribution in [2.45, 2.75) is 0 Å². The molecule has 10 heteroatoms. The molecule has 3 rings (SSSR count). The highest BCUT2D eigenvalue weighted by Crippen LogP contribution is 2.32. The van der Waals surface area contributed by atoms with Crippen molar-refractivity contribution < 1.29 is 23.7 Å². The highest BCUT2D eigenvalue weighted by atomic mass is 32.2. The molecule has 132 valence electrons. The lowest BCUT2D eigenvalue weighted by atomic mass is 10.3. The normalized spacial score (nSPS) is 15.5. The van der Waals surface area contributed by atoms with E-state index in [2.05, 4.69) is 5.32 Å². The van der Waals surface area contributed by atoms with E-state index < -0.39 is 34.4 Å². The number of nitrogens with one attached hydrogen (secondary N) is 1. The van der Waals surface area contributed by atoms with Gasteiger partial charge in [0, 0.05) is 11.8 Å². The van der Waals surface area contributed by atoms with Crippen LogP contribution in [0.15, 0.2) is 51.8 Å². The Balaban J connectivity index is 1.69. The van der Waals surface area contributed by atoms with E-state index in [0.29, 0.717) is 17.4 Å². The van der Waals surface area contributed by atoms with Crippen molar-refractivity contribution in [3.05, 3.63) is 63.2 Å². The molecule has 1 N–H and O–H groups in total. The Hall–Kier alpha value is -3.40. The fourth-order valence-corrected chi connectivity index (χ4v) is 2.97. The number of anilines is 1. The predicted molar refractivity (Wildman–Crippen MR) is 93.1 cm³/mol. The number of nitro groups is 1. The summed E-state index contributed by atoms with van der Waals surface area (Å²) in [4.78, 5) is 47.0. The Morgan fingerprint density at radius 2 is 1.96 bits per heavy atom. The van der Waals surface area contributed by atoms with Gasteiger partial charge in [0.2, 0.25) is 5.91 Å². The van der Waals surface area contributed by atoms with Gasteiger partial charge in [-0.2, -0.15) is 0 Å². The zero-order valence-electron chi connectivity index (χ0n) is 13.1. The molecule has 0 radical (unpaired) electrons. The lowest BCUT2D eigenvalue weighted by molar-refractivity contribution is -0.402. The van der Waals surface area contributed by atoms with Crippen LogP contribution < -0.4 is 5.32 Å². The number of carbonyl (C=O) groups is 3. The van der Waals surface area contributed by atoms with E-state index in [1.54, 1.807) is 30.3 Å². The van der Waals surface area contributed by atoms with Gasteiger partial charge in [-0.15, -0.1) is 0 Å². The average Bonchev–Trinajstić information content (AvgIpc) is 3.17. The zero-order chi connectivity index (χ0) is 18.7. The molecule has 3 amide bonds. The van der Waals surface area contributed by atoms with Crippen molar-refractivity contribution in [1.82, 2.24) is 4.90 Å². The second-order valence-electron chi connectivity index (χ2n) is 5.12. The maximum Gasteiger partial charge on any atom is 0.433 e. The Morgan fingerprint density at radius 3 is 2.62 bits per heavy atom. The highest BCUT2D eigenvalue weighted by Gasteiger charge is 2.36. The second-order valence-corrected chi connectivity index (χ2v) is 6.11. The number of hydrogen-bond donors (Lipinski definition) is 1. The zero-order valence-corrected chi connectivity index (χ0v) is 13.9. The quantitative estimate of drug-likeness (QED) is 0.485. The number of benzene rings is 1. The van der Waals surface area contributed by atoms with Crippen LogP contribution in [0.2, 0.25) is 0 Å². The predicted octanol–water partition coefficient (Wildman–Crippen LogP) is 2.86. The van der Waals surface area contributed by atoms with Gasteiger partial charge < -0.3 is 9.73 Å². The fourth-order valence-electron chi connectivity index (χ4n) is 2.15. The van der Waals surface area contributed by atoms with E-state index in [4.69, 9.17) is 4.42 Å². The molecular formula is C16H11N3O6S. The van der Waals surface area contributed by atoms with Crippen LogP contribution in [0.3, 0.4) is 0 Å². The molecule has 2 aromatic rings. The maximum atomic E-state index is 12.3. The number of imide groups is 1. The van der Waals surface area contributed by atoms with Gasteiger partial charge in [-0.25, -0.2) is 0 Å². The molecule has 0 unspecified atom stereocenters. The van der Waals surface area contributed by atoms with Crippen LogP contribution >= 0.6 is 11.8 Å². The smallest absolute Gasteiger partial charge is 0.401 e. The molecule has 0 saturated carbocycles. The van der Waals surface area contributed by atoms with Crippen molar-refractivity contribution in [3.8, 4) is 0 Å². The third-order valence-electron chi connectivity index (χ3n) is 3.30. The lowest BCUT2D eigenvalue weighted by Crippen LogP contribution is -2.36. The number of furan rings is 1. The van der Waals surface area contributed by atoms with Gasteiger partial charge in [-0.3, -0.25) is 29.4 Å². The number of carbonyl (C=O) groups excluding carboxylic acids is 3. The standard InChI is InChI=1S/C16H11N3O6S/c20-13(17-10-4-2-1-3-5-10)9-18-15(21)12(26-16(18)22)8-11-6-7-14(25-11)19(23)24/h1-8H,9H2,(H,17,20)/b12-8-. The minimum absolute atomic E-state index is 0.0201. The summed E-state index contributed by atoms with van der Waals surface area (Å²) in [5.41, 5.74) is 0.544. The van der Waals surface area contributed by atoms with E-state index in [0.717, 1.165) is 11.0 Å². The Labute approximate surface area is 150 Å². The summed E-state index contributed by atoms with van der Waals surface area (Å²) < 4.78 is 4.94. The van der Waals surface area contributed by atoms with Crippen molar-refractivity contribution in [3.63, 3.8) is 0 Å². The molecular weight excluding hydrogens is 362 g/mol. The fraction of sp³-hybridized carbons (Fsp3) is 0.0625. The maximum absolute atomic E-state index is 12.3. The summed E-state index contributed by atoms with van der Waals surface area (Å²) in [5.74, 6) is -1.59. The number of hydrogen-bond acceptors (Lipinski definition) is 7. The van der Waals surface area contributed by atoms with Gasteiger partial charge in [0.1, 0.15) is 17.2 Å². The molecule has 1 aliphatic heterocycles. The summed E-state index contributed by atoms with van der Waals surface area (Å²) in [7, 11) is 0. The average molecular weight is 373 g/mol. The summed E-state index contributed by atoms with van der Waals surface area (Å²) in [6, 6.07) is 11.1. The van der Waals surface area contributed by atoms with Crippen LogP contribution in [0.5, 0.6) is 0 Å². The van der Waals surface area contributed by atoms with E-state index in [1.807, 2.05) is 0 Å². The Kier molecular flexibility index (Phi) is 4.85. The third-order valence-corrected chi connectivity index (χ3v) is 4.21. The molecule has 0 spiro atoms. The first kappa shape index (κ1) is 17.4. The van der Waals surface area contributed by atoms with Gasteiger partial charge in [0.25, 0.3) is 11.1 Å². The molecule has 1 saturated heterocycles. The van der Waals surface area contributed by atoms with Crippen molar-refractivity contribution in [1.29, 1.82) is 0 Å². The first-order valence-corrected chi connectivity index (χ1v) is 8.10. The minimum Gasteiger partial charge on any atom is -0.401 e. The van der Waals surface area contributed by atoms with Gasteiger partial charge in [-0.05, 0) is 30.0 Å². The van der Waals surface area contributed by atoms with Crippen molar-refractivity contribution in [2.75, 3.05) is 11.9 Å².